The molecule has 1 N–H and O–H groups in total. The van der Waals surface area contributed by atoms with E-state index in [1.165, 1.54) is 6.92 Å². The van der Waals surface area contributed by atoms with E-state index in [0.717, 1.165) is 22.3 Å². The number of carbonyl (C=O) groups is 1. The number of anilines is 1. The van der Waals surface area contributed by atoms with Gasteiger partial charge in [0.1, 0.15) is 11.0 Å². The van der Waals surface area contributed by atoms with E-state index in [1.807, 2.05) is 57.2 Å². The minimum atomic E-state index is -3.84. The van der Waals surface area contributed by atoms with Crippen molar-refractivity contribution in [2.24, 2.45) is 0 Å². The van der Waals surface area contributed by atoms with Crippen LogP contribution in [-0.4, -0.2) is 29.7 Å². The van der Waals surface area contributed by atoms with E-state index in [-0.39, 0.29) is 5.89 Å². The van der Waals surface area contributed by atoms with Crippen molar-refractivity contribution in [3.05, 3.63) is 65.0 Å². The summed E-state index contributed by atoms with van der Waals surface area (Å²) < 4.78 is 30.4. The molecule has 0 aliphatic heterocycles. The molecule has 0 aliphatic rings. The van der Waals surface area contributed by atoms with Crippen molar-refractivity contribution in [3.63, 3.8) is 0 Å². The number of aryl methyl sites for hydroxylation is 3. The van der Waals surface area contributed by atoms with Gasteiger partial charge in [-0.05, 0) is 39.3 Å². The molecule has 152 valence electrons. The van der Waals surface area contributed by atoms with Crippen LogP contribution in [0, 0.1) is 20.8 Å². The second kappa shape index (κ2) is 8.16. The highest BCUT2D eigenvalue weighted by Gasteiger charge is 2.30. The maximum absolute atomic E-state index is 12.7. The van der Waals surface area contributed by atoms with Gasteiger partial charge in [-0.3, -0.25) is 4.79 Å². The van der Waals surface area contributed by atoms with Gasteiger partial charge in [0.05, 0.1) is 0 Å². The molecule has 0 bridgehead atoms. The average molecular weight is 413 g/mol. The molecule has 0 saturated carbocycles. The van der Waals surface area contributed by atoms with Gasteiger partial charge in [0.2, 0.25) is 17.6 Å². The van der Waals surface area contributed by atoms with E-state index in [4.69, 9.17) is 4.52 Å². The van der Waals surface area contributed by atoms with Crippen LogP contribution in [0.1, 0.15) is 29.5 Å². The monoisotopic (exact) mass is 413 g/mol. The summed E-state index contributed by atoms with van der Waals surface area (Å²) in [6, 6.07) is 13.0. The lowest BCUT2D eigenvalue weighted by Gasteiger charge is -2.14. The van der Waals surface area contributed by atoms with E-state index in [0.29, 0.717) is 11.5 Å². The van der Waals surface area contributed by atoms with Crippen molar-refractivity contribution in [1.29, 1.82) is 0 Å². The van der Waals surface area contributed by atoms with Gasteiger partial charge in [-0.15, -0.1) is 0 Å². The Labute approximate surface area is 170 Å². The van der Waals surface area contributed by atoms with Crippen molar-refractivity contribution in [1.82, 2.24) is 10.1 Å². The zero-order chi connectivity index (χ0) is 21.2. The number of amides is 1. The summed E-state index contributed by atoms with van der Waals surface area (Å²) in [4.78, 5) is 16.6. The largest absolute Gasteiger partial charge is 0.338 e. The third kappa shape index (κ3) is 4.89. The SMILES string of the molecule is Cc1ccc(-c2noc(CS(=O)(=O)[C@H](C)C(=O)Nc3ccc(C)cc3C)n2)cc1. The predicted octanol–water partition coefficient (Wildman–Crippen LogP) is 3.60. The smallest absolute Gasteiger partial charge is 0.242 e. The maximum atomic E-state index is 12.7. The Hall–Kier alpha value is -3.00. The van der Waals surface area contributed by atoms with Gasteiger partial charge in [0, 0.05) is 11.3 Å². The molecule has 1 aromatic heterocycles. The second-order valence-corrected chi connectivity index (χ2v) is 9.46. The number of carbonyl (C=O) groups excluding carboxylic acids is 1. The van der Waals surface area contributed by atoms with Crippen molar-refractivity contribution in [2.45, 2.75) is 38.7 Å². The maximum Gasteiger partial charge on any atom is 0.242 e. The summed E-state index contributed by atoms with van der Waals surface area (Å²) >= 11 is 0. The van der Waals surface area contributed by atoms with Crippen LogP contribution in [0.15, 0.2) is 47.0 Å². The first-order valence-electron chi connectivity index (χ1n) is 9.15. The summed E-state index contributed by atoms with van der Waals surface area (Å²) in [7, 11) is -3.84. The molecule has 1 atom stereocenters. The van der Waals surface area contributed by atoms with Crippen molar-refractivity contribution >= 4 is 21.4 Å². The molecule has 29 heavy (non-hydrogen) atoms. The van der Waals surface area contributed by atoms with Gasteiger partial charge < -0.3 is 9.84 Å². The highest BCUT2D eigenvalue weighted by molar-refractivity contribution is 7.92. The van der Waals surface area contributed by atoms with Crippen LogP contribution in [0.2, 0.25) is 0 Å². The third-order valence-corrected chi connectivity index (χ3v) is 6.59. The Morgan fingerprint density at radius 2 is 1.72 bits per heavy atom. The number of hydrogen-bond acceptors (Lipinski definition) is 6. The van der Waals surface area contributed by atoms with Crippen LogP contribution in [0.25, 0.3) is 11.4 Å². The highest BCUT2D eigenvalue weighted by atomic mass is 32.2. The molecule has 7 nitrogen and oxygen atoms in total. The molecule has 0 radical (unpaired) electrons. The topological polar surface area (TPSA) is 102 Å². The lowest BCUT2D eigenvalue weighted by molar-refractivity contribution is -0.115. The molecule has 3 rings (SSSR count). The van der Waals surface area contributed by atoms with Gasteiger partial charge in [0.25, 0.3) is 0 Å². The van der Waals surface area contributed by atoms with E-state index in [1.54, 1.807) is 6.07 Å². The van der Waals surface area contributed by atoms with Gasteiger partial charge in [-0.25, -0.2) is 8.42 Å². The van der Waals surface area contributed by atoms with Crippen LogP contribution < -0.4 is 5.32 Å². The predicted molar refractivity (Wildman–Crippen MR) is 111 cm³/mol. The molecule has 1 heterocycles. The van der Waals surface area contributed by atoms with Crippen molar-refractivity contribution < 1.29 is 17.7 Å². The number of hydrogen-bond donors (Lipinski definition) is 1. The number of aromatic nitrogens is 2. The molecule has 1 amide bonds. The summed E-state index contributed by atoms with van der Waals surface area (Å²) in [5, 5.41) is 5.26. The standard InChI is InChI=1S/C21H23N3O4S/c1-13-5-8-17(9-6-13)20-23-19(28-24-20)12-29(26,27)16(4)21(25)22-18-10-7-14(2)11-15(18)3/h5-11,16H,12H2,1-4H3,(H,22,25)/t16-/m1/s1. The fourth-order valence-electron chi connectivity index (χ4n) is 2.78. The van der Waals surface area contributed by atoms with Crippen LogP contribution in [0.5, 0.6) is 0 Å². The van der Waals surface area contributed by atoms with Gasteiger partial charge >= 0.3 is 0 Å². The fourth-order valence-corrected chi connectivity index (χ4v) is 3.88. The molecule has 0 aliphatic carbocycles. The van der Waals surface area contributed by atoms with Crippen LogP contribution in [0.3, 0.4) is 0 Å². The minimum absolute atomic E-state index is 0.0493. The Morgan fingerprint density at radius 1 is 1.07 bits per heavy atom. The van der Waals surface area contributed by atoms with Gasteiger partial charge in [-0.2, -0.15) is 4.98 Å². The fraction of sp³-hybridized carbons (Fsp3) is 0.286. The van der Waals surface area contributed by atoms with Crippen LogP contribution in [-0.2, 0) is 20.4 Å². The summed E-state index contributed by atoms with van der Waals surface area (Å²) in [6.07, 6.45) is 0. The first-order valence-corrected chi connectivity index (χ1v) is 10.9. The van der Waals surface area contributed by atoms with Gasteiger partial charge in [-0.1, -0.05) is 52.7 Å². The number of nitrogens with one attached hydrogen (secondary N) is 1. The van der Waals surface area contributed by atoms with E-state index in [2.05, 4.69) is 15.5 Å². The Morgan fingerprint density at radius 3 is 2.38 bits per heavy atom. The summed E-state index contributed by atoms with van der Waals surface area (Å²) in [6.45, 7) is 7.11. The molecule has 2 aromatic carbocycles. The molecule has 0 saturated heterocycles. The van der Waals surface area contributed by atoms with E-state index >= 15 is 0 Å². The van der Waals surface area contributed by atoms with E-state index in [9.17, 15) is 13.2 Å². The number of nitrogens with zero attached hydrogens (tertiary/aromatic N) is 2. The van der Waals surface area contributed by atoms with Crippen molar-refractivity contribution in [2.75, 3.05) is 5.32 Å². The van der Waals surface area contributed by atoms with Gasteiger partial charge in [0.15, 0.2) is 9.84 Å². The first-order chi connectivity index (χ1) is 13.7. The molecule has 0 spiro atoms. The molecule has 8 heteroatoms. The number of benzene rings is 2. The average Bonchev–Trinajstić information content (AvgIpc) is 3.11. The summed E-state index contributed by atoms with van der Waals surface area (Å²) in [5.74, 6) is -0.850. The molecule has 0 fully saturated rings. The highest BCUT2D eigenvalue weighted by Crippen LogP contribution is 2.20. The second-order valence-electron chi connectivity index (χ2n) is 7.13. The normalized spacial score (nSPS) is 12.6. The first kappa shape index (κ1) is 20.7. The van der Waals surface area contributed by atoms with Crippen molar-refractivity contribution in [3.8, 4) is 11.4 Å². The Kier molecular flexibility index (Phi) is 5.83. The quantitative estimate of drug-likeness (QED) is 0.662. The molecular formula is C21H23N3O4S. The summed E-state index contributed by atoms with van der Waals surface area (Å²) in [5.41, 5.74) is 4.32. The molecule has 3 aromatic rings. The van der Waals surface area contributed by atoms with Crippen LogP contribution in [0.4, 0.5) is 5.69 Å². The number of sulfone groups is 1. The van der Waals surface area contributed by atoms with Crippen LogP contribution >= 0.6 is 0 Å². The zero-order valence-electron chi connectivity index (χ0n) is 16.8. The zero-order valence-corrected chi connectivity index (χ0v) is 17.6. The lowest BCUT2D eigenvalue weighted by Crippen LogP contribution is -2.33. The third-order valence-electron chi connectivity index (χ3n) is 4.65. The minimum Gasteiger partial charge on any atom is -0.338 e. The lowest BCUT2D eigenvalue weighted by atomic mass is 10.1. The molecular weight excluding hydrogens is 390 g/mol. The Bertz CT molecular complexity index is 1130. The number of rotatable bonds is 6. The Balaban J connectivity index is 1.71. The molecule has 0 unspecified atom stereocenters. The van der Waals surface area contributed by atoms with E-state index < -0.39 is 26.7 Å².